The molecule has 0 spiro atoms. The first-order valence-corrected chi connectivity index (χ1v) is 5.69. The van der Waals surface area contributed by atoms with Crippen LogP contribution in [0.3, 0.4) is 0 Å². The van der Waals surface area contributed by atoms with Crippen molar-refractivity contribution in [2.45, 2.75) is 40.0 Å². The quantitative estimate of drug-likeness (QED) is 0.755. The third-order valence-corrected chi connectivity index (χ3v) is 3.96. The lowest BCUT2D eigenvalue weighted by Gasteiger charge is -2.39. The van der Waals surface area contributed by atoms with E-state index in [1.165, 1.54) is 0 Å². The number of hydrogen-bond donors (Lipinski definition) is 1. The molecule has 0 aromatic carbocycles. The number of carbonyl (C=O) groups is 1. The summed E-state index contributed by atoms with van der Waals surface area (Å²) in [5.41, 5.74) is 0. The van der Waals surface area contributed by atoms with Gasteiger partial charge in [0, 0.05) is 12.5 Å². The van der Waals surface area contributed by atoms with Gasteiger partial charge in [-0.3, -0.25) is 4.79 Å². The second-order valence-electron chi connectivity index (χ2n) is 4.81. The maximum Gasteiger partial charge on any atom is 0.133 e. The highest BCUT2D eigenvalue weighted by molar-refractivity contribution is 5.78. The van der Waals surface area contributed by atoms with Gasteiger partial charge in [0.2, 0.25) is 0 Å². The van der Waals surface area contributed by atoms with Crippen molar-refractivity contribution >= 4 is 5.78 Å². The highest BCUT2D eigenvalue weighted by Crippen LogP contribution is 2.40. The predicted molar refractivity (Wildman–Crippen MR) is 56.9 cm³/mol. The molecule has 82 valence electrons. The van der Waals surface area contributed by atoms with Crippen LogP contribution in [-0.2, 0) is 4.79 Å². The van der Waals surface area contributed by atoms with Crippen LogP contribution in [-0.4, -0.2) is 17.5 Å². The standard InChI is InChI=1S/C12H22O2/c1-8-4-5-12(10(3)14)9(2)11(8)6-7-13/h8-9,11-13H,4-7H2,1-3H3/t8-,9-,11+,12-/m1/s1. The predicted octanol–water partition coefficient (Wildman–Crippen LogP) is 2.26. The molecule has 0 unspecified atom stereocenters. The molecule has 1 saturated carbocycles. The van der Waals surface area contributed by atoms with E-state index in [-0.39, 0.29) is 12.5 Å². The first kappa shape index (κ1) is 11.7. The lowest BCUT2D eigenvalue weighted by molar-refractivity contribution is -0.125. The molecule has 0 aromatic heterocycles. The average Bonchev–Trinajstić information content (AvgIpc) is 2.11. The van der Waals surface area contributed by atoms with E-state index in [0.29, 0.717) is 23.5 Å². The summed E-state index contributed by atoms with van der Waals surface area (Å²) in [6.45, 7) is 6.37. The molecule has 1 fully saturated rings. The third kappa shape index (κ3) is 2.35. The van der Waals surface area contributed by atoms with Crippen molar-refractivity contribution in [2.24, 2.45) is 23.7 Å². The average molecular weight is 198 g/mol. The lowest BCUT2D eigenvalue weighted by atomic mass is 9.66. The summed E-state index contributed by atoms with van der Waals surface area (Å²) in [4.78, 5) is 11.4. The Morgan fingerprint density at radius 3 is 2.50 bits per heavy atom. The second kappa shape index (κ2) is 4.92. The second-order valence-corrected chi connectivity index (χ2v) is 4.81. The van der Waals surface area contributed by atoms with E-state index in [1.807, 2.05) is 0 Å². The van der Waals surface area contributed by atoms with Crippen molar-refractivity contribution in [2.75, 3.05) is 6.61 Å². The van der Waals surface area contributed by atoms with Crippen LogP contribution in [0.4, 0.5) is 0 Å². The molecule has 0 aliphatic heterocycles. The Hall–Kier alpha value is -0.370. The maximum absolute atomic E-state index is 11.4. The molecule has 0 radical (unpaired) electrons. The first-order chi connectivity index (χ1) is 6.57. The van der Waals surface area contributed by atoms with Crippen molar-refractivity contribution < 1.29 is 9.90 Å². The van der Waals surface area contributed by atoms with Crippen LogP contribution >= 0.6 is 0 Å². The number of rotatable bonds is 3. The molecular weight excluding hydrogens is 176 g/mol. The number of aliphatic hydroxyl groups excluding tert-OH is 1. The summed E-state index contributed by atoms with van der Waals surface area (Å²) in [5, 5.41) is 8.99. The van der Waals surface area contributed by atoms with E-state index < -0.39 is 0 Å². The van der Waals surface area contributed by atoms with Gasteiger partial charge in [0.15, 0.2) is 0 Å². The van der Waals surface area contributed by atoms with Crippen molar-refractivity contribution in [1.82, 2.24) is 0 Å². The van der Waals surface area contributed by atoms with Crippen molar-refractivity contribution in [3.8, 4) is 0 Å². The topological polar surface area (TPSA) is 37.3 Å². The summed E-state index contributed by atoms with van der Waals surface area (Å²) in [5.74, 6) is 2.20. The molecule has 2 heteroatoms. The summed E-state index contributed by atoms with van der Waals surface area (Å²) < 4.78 is 0. The normalized spacial score (nSPS) is 38.3. The SMILES string of the molecule is CC(=O)[C@@H]1CC[C@@H](C)[C@H](CCO)[C@H]1C. The first-order valence-electron chi connectivity index (χ1n) is 5.69. The van der Waals surface area contributed by atoms with Crippen LogP contribution in [0.5, 0.6) is 0 Å². The molecule has 1 aliphatic carbocycles. The van der Waals surface area contributed by atoms with Crippen LogP contribution in [0.15, 0.2) is 0 Å². The molecule has 0 amide bonds. The number of Topliss-reactive ketones (excluding diaryl/α,β-unsaturated/α-hetero) is 1. The molecule has 2 nitrogen and oxygen atoms in total. The Bertz CT molecular complexity index is 200. The minimum absolute atomic E-state index is 0.239. The Morgan fingerprint density at radius 1 is 1.36 bits per heavy atom. The summed E-state index contributed by atoms with van der Waals surface area (Å²) in [6.07, 6.45) is 3.03. The fourth-order valence-electron chi connectivity index (χ4n) is 3.01. The highest BCUT2D eigenvalue weighted by Gasteiger charge is 2.35. The Kier molecular flexibility index (Phi) is 4.11. The molecule has 1 N–H and O–H groups in total. The zero-order valence-corrected chi connectivity index (χ0v) is 9.49. The molecule has 1 aliphatic rings. The van der Waals surface area contributed by atoms with Gasteiger partial charge in [-0.1, -0.05) is 13.8 Å². The maximum atomic E-state index is 11.4. The molecule has 1 rings (SSSR count). The van der Waals surface area contributed by atoms with Crippen LogP contribution in [0.2, 0.25) is 0 Å². The number of carbonyl (C=O) groups excluding carboxylic acids is 1. The van der Waals surface area contributed by atoms with Crippen LogP contribution in [0, 0.1) is 23.7 Å². The number of aliphatic hydroxyl groups is 1. The fraction of sp³-hybridized carbons (Fsp3) is 0.917. The van der Waals surface area contributed by atoms with Gasteiger partial charge in [0.05, 0.1) is 0 Å². The third-order valence-electron chi connectivity index (χ3n) is 3.96. The van der Waals surface area contributed by atoms with Gasteiger partial charge in [-0.25, -0.2) is 0 Å². The summed E-state index contributed by atoms with van der Waals surface area (Å²) in [7, 11) is 0. The van der Waals surface area contributed by atoms with Gasteiger partial charge in [-0.05, 0) is 43.9 Å². The molecule has 0 heterocycles. The van der Waals surface area contributed by atoms with E-state index in [4.69, 9.17) is 5.11 Å². The van der Waals surface area contributed by atoms with Gasteiger partial charge in [0.25, 0.3) is 0 Å². The smallest absolute Gasteiger partial charge is 0.133 e. The minimum Gasteiger partial charge on any atom is -0.396 e. The van der Waals surface area contributed by atoms with E-state index in [1.54, 1.807) is 6.92 Å². The Balaban J connectivity index is 2.66. The van der Waals surface area contributed by atoms with Crippen molar-refractivity contribution in [3.63, 3.8) is 0 Å². The molecule has 0 saturated heterocycles. The monoisotopic (exact) mass is 198 g/mol. The van der Waals surface area contributed by atoms with Gasteiger partial charge in [0.1, 0.15) is 5.78 Å². The summed E-state index contributed by atoms with van der Waals surface area (Å²) >= 11 is 0. The molecule has 4 atom stereocenters. The molecule has 0 bridgehead atoms. The molecular formula is C12H22O2. The number of ketones is 1. The van der Waals surface area contributed by atoms with Gasteiger partial charge in [-0.15, -0.1) is 0 Å². The van der Waals surface area contributed by atoms with Crippen molar-refractivity contribution in [3.05, 3.63) is 0 Å². The van der Waals surface area contributed by atoms with E-state index in [9.17, 15) is 4.79 Å². The van der Waals surface area contributed by atoms with Crippen LogP contribution in [0.25, 0.3) is 0 Å². The fourth-order valence-corrected chi connectivity index (χ4v) is 3.01. The zero-order chi connectivity index (χ0) is 10.7. The van der Waals surface area contributed by atoms with E-state index in [2.05, 4.69) is 13.8 Å². The van der Waals surface area contributed by atoms with Crippen molar-refractivity contribution in [1.29, 1.82) is 0 Å². The zero-order valence-electron chi connectivity index (χ0n) is 9.49. The minimum atomic E-state index is 0.239. The van der Waals surface area contributed by atoms with E-state index >= 15 is 0 Å². The van der Waals surface area contributed by atoms with Gasteiger partial charge < -0.3 is 5.11 Å². The highest BCUT2D eigenvalue weighted by atomic mass is 16.3. The van der Waals surface area contributed by atoms with Gasteiger partial charge >= 0.3 is 0 Å². The van der Waals surface area contributed by atoms with Crippen LogP contribution < -0.4 is 0 Å². The van der Waals surface area contributed by atoms with Crippen LogP contribution in [0.1, 0.15) is 40.0 Å². The Morgan fingerprint density at radius 2 is 2.00 bits per heavy atom. The largest absolute Gasteiger partial charge is 0.396 e. The van der Waals surface area contributed by atoms with Gasteiger partial charge in [-0.2, -0.15) is 0 Å². The summed E-state index contributed by atoms with van der Waals surface area (Å²) in [6, 6.07) is 0. The molecule has 0 aromatic rings. The lowest BCUT2D eigenvalue weighted by Crippen LogP contribution is -2.35. The number of hydrogen-bond acceptors (Lipinski definition) is 2. The van der Waals surface area contributed by atoms with E-state index in [0.717, 1.165) is 19.3 Å². The molecule has 14 heavy (non-hydrogen) atoms. The Labute approximate surface area is 86.7 Å².